The molecule has 2 rings (SSSR count). The number of nitrogens with zero attached hydrogens (tertiary/aromatic N) is 1. The van der Waals surface area contributed by atoms with Crippen molar-refractivity contribution in [2.24, 2.45) is 0 Å². The number of hydrogen-bond donors (Lipinski definition) is 4. The molecule has 0 radical (unpaired) electrons. The zero-order chi connectivity index (χ0) is 12.4. The first-order chi connectivity index (χ1) is 8.11. The van der Waals surface area contributed by atoms with Crippen LogP contribution in [0.25, 0.3) is 11.3 Å². The Balaban J connectivity index is 2.39. The smallest absolute Gasteiger partial charge is 0.353 e. The summed E-state index contributed by atoms with van der Waals surface area (Å²) in [5.74, 6) is -1.15. The van der Waals surface area contributed by atoms with E-state index in [1.807, 2.05) is 0 Å². The van der Waals surface area contributed by atoms with Gasteiger partial charge in [0, 0.05) is 11.1 Å². The Hall–Kier alpha value is -2.34. The van der Waals surface area contributed by atoms with Crippen LogP contribution in [-0.2, 0) is 6.61 Å². The molecule has 1 aromatic heterocycles. The molecule has 6 nitrogen and oxygen atoms in total. The summed E-state index contributed by atoms with van der Waals surface area (Å²) < 4.78 is 0. The summed E-state index contributed by atoms with van der Waals surface area (Å²) >= 11 is 0. The number of aromatic amines is 1. The highest BCUT2D eigenvalue weighted by molar-refractivity contribution is 5.86. The fourth-order valence-electron chi connectivity index (χ4n) is 1.44. The highest BCUT2D eigenvalue weighted by Gasteiger charge is 2.10. The third kappa shape index (κ3) is 2.11. The van der Waals surface area contributed by atoms with Crippen molar-refractivity contribution in [1.29, 1.82) is 0 Å². The van der Waals surface area contributed by atoms with Gasteiger partial charge in [-0.25, -0.2) is 4.79 Å². The van der Waals surface area contributed by atoms with Gasteiger partial charge in [-0.05, 0) is 12.1 Å². The number of carboxylic acid groups (broad SMARTS) is 1. The number of benzene rings is 1. The number of H-pyrrole nitrogens is 1. The molecule has 0 atom stereocenters. The first-order valence-corrected chi connectivity index (χ1v) is 4.83. The van der Waals surface area contributed by atoms with Crippen LogP contribution in [0.1, 0.15) is 16.1 Å². The van der Waals surface area contributed by atoms with E-state index in [-0.39, 0.29) is 18.1 Å². The Bertz CT molecular complexity index is 562. The molecule has 0 aliphatic rings. The van der Waals surface area contributed by atoms with E-state index >= 15 is 0 Å². The molecule has 0 spiro atoms. The molecule has 2 aromatic rings. The van der Waals surface area contributed by atoms with Crippen molar-refractivity contribution in [3.8, 4) is 17.0 Å². The van der Waals surface area contributed by atoms with Crippen molar-refractivity contribution < 1.29 is 20.1 Å². The molecule has 0 aliphatic carbocycles. The largest absolute Gasteiger partial charge is 0.508 e. The van der Waals surface area contributed by atoms with E-state index in [0.29, 0.717) is 16.8 Å². The number of hydrogen-bond acceptors (Lipinski definition) is 4. The summed E-state index contributed by atoms with van der Waals surface area (Å²) in [4.78, 5) is 10.7. The molecule has 0 saturated carbocycles. The van der Waals surface area contributed by atoms with Crippen molar-refractivity contribution in [1.82, 2.24) is 10.2 Å². The van der Waals surface area contributed by atoms with Crippen molar-refractivity contribution in [2.45, 2.75) is 6.61 Å². The lowest BCUT2D eigenvalue weighted by Gasteiger charge is -2.02. The first-order valence-electron chi connectivity index (χ1n) is 4.83. The SMILES string of the molecule is O=C(O)c1cc(-c2ccc(CO)c(O)c2)n[nH]1. The van der Waals surface area contributed by atoms with Crippen LogP contribution in [0, 0.1) is 0 Å². The lowest BCUT2D eigenvalue weighted by Crippen LogP contribution is -1.95. The number of phenols is 1. The van der Waals surface area contributed by atoms with Crippen LogP contribution in [0.2, 0.25) is 0 Å². The van der Waals surface area contributed by atoms with Gasteiger partial charge in [0.2, 0.25) is 0 Å². The normalized spacial score (nSPS) is 10.4. The zero-order valence-electron chi connectivity index (χ0n) is 8.71. The number of aliphatic hydroxyl groups excluding tert-OH is 1. The average molecular weight is 234 g/mol. The Morgan fingerprint density at radius 2 is 2.12 bits per heavy atom. The minimum atomic E-state index is -1.10. The number of rotatable bonds is 3. The van der Waals surface area contributed by atoms with Gasteiger partial charge in [0.25, 0.3) is 0 Å². The van der Waals surface area contributed by atoms with E-state index in [2.05, 4.69) is 10.2 Å². The molecule has 88 valence electrons. The monoisotopic (exact) mass is 234 g/mol. The van der Waals surface area contributed by atoms with Gasteiger partial charge in [-0.15, -0.1) is 0 Å². The van der Waals surface area contributed by atoms with Gasteiger partial charge in [-0.3, -0.25) is 5.10 Å². The van der Waals surface area contributed by atoms with Gasteiger partial charge < -0.3 is 15.3 Å². The minimum absolute atomic E-state index is 0.0225. The van der Waals surface area contributed by atoms with Gasteiger partial charge in [-0.2, -0.15) is 5.10 Å². The summed E-state index contributed by atoms with van der Waals surface area (Å²) in [6, 6.07) is 6.00. The molecule has 0 unspecified atom stereocenters. The molecular weight excluding hydrogens is 224 g/mol. The summed E-state index contributed by atoms with van der Waals surface area (Å²) in [6.45, 7) is -0.257. The van der Waals surface area contributed by atoms with Crippen LogP contribution in [0.15, 0.2) is 24.3 Å². The van der Waals surface area contributed by atoms with E-state index in [1.54, 1.807) is 12.1 Å². The number of aromatic nitrogens is 2. The van der Waals surface area contributed by atoms with E-state index < -0.39 is 5.97 Å². The summed E-state index contributed by atoms with van der Waals surface area (Å²) in [7, 11) is 0. The highest BCUT2D eigenvalue weighted by Crippen LogP contribution is 2.25. The van der Waals surface area contributed by atoms with Gasteiger partial charge in [0.15, 0.2) is 0 Å². The molecular formula is C11H10N2O4. The second-order valence-corrected chi connectivity index (χ2v) is 3.47. The number of aliphatic hydroxyl groups is 1. The quantitative estimate of drug-likeness (QED) is 0.633. The van der Waals surface area contributed by atoms with Crippen LogP contribution >= 0.6 is 0 Å². The maximum absolute atomic E-state index is 10.7. The fourth-order valence-corrected chi connectivity index (χ4v) is 1.44. The number of carboxylic acids is 1. The lowest BCUT2D eigenvalue weighted by atomic mass is 10.1. The van der Waals surface area contributed by atoms with E-state index in [0.717, 1.165) is 0 Å². The maximum atomic E-state index is 10.7. The molecule has 0 amide bonds. The molecule has 0 bridgehead atoms. The number of aromatic hydroxyl groups is 1. The Morgan fingerprint density at radius 3 is 2.65 bits per heavy atom. The highest BCUT2D eigenvalue weighted by atomic mass is 16.4. The van der Waals surface area contributed by atoms with Crippen molar-refractivity contribution >= 4 is 5.97 Å². The summed E-state index contributed by atoms with van der Waals surface area (Å²) in [6.07, 6.45) is 0. The van der Waals surface area contributed by atoms with E-state index in [4.69, 9.17) is 10.2 Å². The van der Waals surface area contributed by atoms with E-state index in [1.165, 1.54) is 12.1 Å². The summed E-state index contributed by atoms with van der Waals surface area (Å²) in [5, 5.41) is 33.4. The average Bonchev–Trinajstić information content (AvgIpc) is 2.78. The maximum Gasteiger partial charge on any atom is 0.353 e. The van der Waals surface area contributed by atoms with E-state index in [9.17, 15) is 9.90 Å². The predicted octanol–water partition coefficient (Wildman–Crippen LogP) is 0.973. The number of nitrogens with one attached hydrogen (secondary N) is 1. The first kappa shape index (κ1) is 11.2. The Kier molecular flexibility index (Phi) is 2.80. The summed E-state index contributed by atoms with van der Waals surface area (Å²) in [5.41, 5.74) is 1.37. The predicted molar refractivity (Wildman–Crippen MR) is 58.6 cm³/mol. The molecule has 4 N–H and O–H groups in total. The topological polar surface area (TPSA) is 106 Å². The minimum Gasteiger partial charge on any atom is -0.508 e. The second kappa shape index (κ2) is 4.26. The molecule has 0 saturated heterocycles. The lowest BCUT2D eigenvalue weighted by molar-refractivity contribution is 0.0690. The molecule has 0 fully saturated rings. The molecule has 17 heavy (non-hydrogen) atoms. The number of carbonyl (C=O) groups is 1. The van der Waals surface area contributed by atoms with Gasteiger partial charge >= 0.3 is 5.97 Å². The van der Waals surface area contributed by atoms with Crippen LogP contribution in [0.4, 0.5) is 0 Å². The van der Waals surface area contributed by atoms with Gasteiger partial charge in [0.05, 0.1) is 12.3 Å². The number of aromatic carboxylic acids is 1. The van der Waals surface area contributed by atoms with Gasteiger partial charge in [-0.1, -0.05) is 12.1 Å². The zero-order valence-corrected chi connectivity index (χ0v) is 8.71. The van der Waals surface area contributed by atoms with Crippen molar-refractivity contribution in [2.75, 3.05) is 0 Å². The third-order valence-corrected chi connectivity index (χ3v) is 2.36. The third-order valence-electron chi connectivity index (χ3n) is 2.36. The van der Waals surface area contributed by atoms with Crippen LogP contribution in [0.3, 0.4) is 0 Å². The van der Waals surface area contributed by atoms with Crippen LogP contribution < -0.4 is 0 Å². The molecule has 1 aromatic carbocycles. The Labute approximate surface area is 96.2 Å². The Morgan fingerprint density at radius 1 is 1.35 bits per heavy atom. The van der Waals surface area contributed by atoms with Gasteiger partial charge in [0.1, 0.15) is 11.4 Å². The standard InChI is InChI=1S/C11H10N2O4/c14-5-7-2-1-6(3-10(7)15)8-4-9(11(16)17)13-12-8/h1-4,14-15H,5H2,(H,12,13)(H,16,17). The molecule has 1 heterocycles. The van der Waals surface area contributed by atoms with Crippen molar-refractivity contribution in [3.05, 3.63) is 35.5 Å². The van der Waals surface area contributed by atoms with Crippen LogP contribution in [0.5, 0.6) is 5.75 Å². The molecule has 0 aliphatic heterocycles. The fraction of sp³-hybridized carbons (Fsp3) is 0.0909. The van der Waals surface area contributed by atoms with Crippen molar-refractivity contribution in [3.63, 3.8) is 0 Å². The van der Waals surface area contributed by atoms with Crippen LogP contribution in [-0.4, -0.2) is 31.5 Å². The molecule has 6 heteroatoms. The second-order valence-electron chi connectivity index (χ2n) is 3.47.